The second-order valence-corrected chi connectivity index (χ2v) is 11.1. The fourth-order valence-electron chi connectivity index (χ4n) is 6.00. The van der Waals surface area contributed by atoms with E-state index in [1.165, 1.54) is 0 Å². The van der Waals surface area contributed by atoms with Gasteiger partial charge in [-0.15, -0.1) is 0 Å². The van der Waals surface area contributed by atoms with Crippen LogP contribution in [-0.2, 0) is 10.3 Å². The molecule has 0 saturated carbocycles. The minimum atomic E-state index is -0.714. The summed E-state index contributed by atoms with van der Waals surface area (Å²) >= 11 is 3.74. The van der Waals surface area contributed by atoms with Crippen molar-refractivity contribution in [3.63, 3.8) is 0 Å². The molecule has 0 N–H and O–H groups in total. The number of pyridine rings is 1. The summed E-state index contributed by atoms with van der Waals surface area (Å²) in [5, 5.41) is 6.59. The van der Waals surface area contributed by atoms with Crippen LogP contribution in [0.2, 0.25) is 0 Å². The minimum Gasteiger partial charge on any atom is -0.378 e. The van der Waals surface area contributed by atoms with E-state index >= 15 is 0 Å². The van der Waals surface area contributed by atoms with Gasteiger partial charge in [-0.05, 0) is 47.0 Å². The number of halogens is 1. The highest BCUT2D eigenvalue weighted by Crippen LogP contribution is 2.44. The lowest BCUT2D eigenvalue weighted by Crippen LogP contribution is -2.38. The average molecular weight is 602 g/mol. The summed E-state index contributed by atoms with van der Waals surface area (Å²) in [4.78, 5) is 6.99. The number of morpholine rings is 1. The van der Waals surface area contributed by atoms with Crippen LogP contribution in [0.25, 0.3) is 22.2 Å². The first-order chi connectivity index (χ1) is 20.2. The van der Waals surface area contributed by atoms with Crippen molar-refractivity contribution in [2.45, 2.75) is 5.54 Å². The number of rotatable bonds is 6. The molecule has 1 saturated heterocycles. The van der Waals surface area contributed by atoms with E-state index < -0.39 is 5.54 Å². The largest absolute Gasteiger partial charge is 0.378 e. The van der Waals surface area contributed by atoms with Crippen LogP contribution < -0.4 is 4.90 Å². The molecule has 5 nitrogen and oxygen atoms in total. The smallest absolute Gasteiger partial charge is 0.138 e. The van der Waals surface area contributed by atoms with Gasteiger partial charge in [0.05, 0.1) is 18.7 Å². The maximum absolute atomic E-state index is 5.58. The van der Waals surface area contributed by atoms with Gasteiger partial charge in [-0.2, -0.15) is 5.10 Å². The van der Waals surface area contributed by atoms with Gasteiger partial charge in [-0.1, -0.05) is 107 Å². The molecule has 0 bridgehead atoms. The van der Waals surface area contributed by atoms with Gasteiger partial charge in [0, 0.05) is 34.7 Å². The Morgan fingerprint density at radius 3 is 1.85 bits per heavy atom. The average Bonchev–Trinajstić information content (AvgIpc) is 3.42. The summed E-state index contributed by atoms with van der Waals surface area (Å²) in [5.41, 5.74) is 5.70. The Hall–Kier alpha value is -4.26. The van der Waals surface area contributed by atoms with E-state index in [2.05, 4.69) is 147 Å². The molecule has 6 heteroatoms. The Morgan fingerprint density at radius 2 is 1.27 bits per heavy atom. The fraction of sp³-hybridized carbons (Fsp3) is 0.143. The van der Waals surface area contributed by atoms with Crippen molar-refractivity contribution in [2.75, 3.05) is 31.2 Å². The predicted molar refractivity (Wildman–Crippen MR) is 168 cm³/mol. The Morgan fingerprint density at radius 1 is 0.683 bits per heavy atom. The van der Waals surface area contributed by atoms with Crippen molar-refractivity contribution in [3.8, 4) is 11.3 Å². The van der Waals surface area contributed by atoms with Crippen molar-refractivity contribution < 1.29 is 4.74 Å². The van der Waals surface area contributed by atoms with Crippen molar-refractivity contribution in [1.82, 2.24) is 14.8 Å². The number of nitrogens with zero attached hydrogens (tertiary/aromatic N) is 4. The van der Waals surface area contributed by atoms with Gasteiger partial charge in [-0.3, -0.25) is 0 Å². The Kier molecular flexibility index (Phi) is 6.87. The van der Waals surface area contributed by atoms with E-state index in [1.54, 1.807) is 0 Å². The molecule has 6 aromatic rings. The number of hydrogen-bond donors (Lipinski definition) is 0. The first-order valence-corrected chi connectivity index (χ1v) is 14.7. The zero-order chi connectivity index (χ0) is 27.6. The number of ether oxygens (including phenoxy) is 1. The topological polar surface area (TPSA) is 43.2 Å². The highest BCUT2D eigenvalue weighted by Gasteiger charge is 2.41. The van der Waals surface area contributed by atoms with Gasteiger partial charge < -0.3 is 9.64 Å². The lowest BCUT2D eigenvalue weighted by molar-refractivity contribution is 0.122. The first kappa shape index (κ1) is 25.7. The van der Waals surface area contributed by atoms with E-state index in [1.807, 2.05) is 6.20 Å². The molecule has 2 aromatic heterocycles. The summed E-state index contributed by atoms with van der Waals surface area (Å²) in [5.74, 6) is 0.948. The monoisotopic (exact) mass is 600 g/mol. The summed E-state index contributed by atoms with van der Waals surface area (Å²) < 4.78 is 8.82. The molecule has 7 rings (SSSR count). The standard InChI is InChI=1S/C35H29BrN4O/c36-30-16-17-32-31(25-30)34(26-18-19-37-33(24-26)39-20-22-41-23-21-39)38-40(32)35(27-10-4-1-5-11-27,28-12-6-2-7-13-28)29-14-8-3-9-15-29/h1-19,24-25H,20-23H2. The van der Waals surface area contributed by atoms with Crippen LogP contribution in [0.1, 0.15) is 16.7 Å². The lowest BCUT2D eigenvalue weighted by Gasteiger charge is -2.37. The zero-order valence-electron chi connectivity index (χ0n) is 22.5. The summed E-state index contributed by atoms with van der Waals surface area (Å²) in [6.07, 6.45) is 1.89. The summed E-state index contributed by atoms with van der Waals surface area (Å²) in [6, 6.07) is 42.7. The molecule has 1 fully saturated rings. The highest BCUT2D eigenvalue weighted by atomic mass is 79.9. The van der Waals surface area contributed by atoms with Crippen molar-refractivity contribution in [3.05, 3.63) is 149 Å². The summed E-state index contributed by atoms with van der Waals surface area (Å²) in [6.45, 7) is 3.08. The Balaban J connectivity index is 1.54. The van der Waals surface area contributed by atoms with Gasteiger partial charge in [0.1, 0.15) is 17.1 Å². The third-order valence-electron chi connectivity index (χ3n) is 7.89. The van der Waals surface area contributed by atoms with Gasteiger partial charge in [-0.25, -0.2) is 9.67 Å². The van der Waals surface area contributed by atoms with Gasteiger partial charge >= 0.3 is 0 Å². The van der Waals surface area contributed by atoms with Gasteiger partial charge in [0.25, 0.3) is 0 Å². The lowest BCUT2D eigenvalue weighted by atomic mass is 9.77. The van der Waals surface area contributed by atoms with E-state index in [4.69, 9.17) is 14.8 Å². The van der Waals surface area contributed by atoms with E-state index in [-0.39, 0.29) is 0 Å². The molecule has 0 aliphatic carbocycles. The third kappa shape index (κ3) is 4.53. The molecule has 0 unspecified atom stereocenters. The van der Waals surface area contributed by atoms with Crippen LogP contribution in [0, 0.1) is 0 Å². The van der Waals surface area contributed by atoms with Crippen LogP contribution in [0.4, 0.5) is 5.82 Å². The van der Waals surface area contributed by atoms with Crippen LogP contribution in [0.5, 0.6) is 0 Å². The molecular weight excluding hydrogens is 572 g/mol. The molecule has 4 aromatic carbocycles. The number of benzene rings is 4. The molecular formula is C35H29BrN4O. The first-order valence-electron chi connectivity index (χ1n) is 13.9. The van der Waals surface area contributed by atoms with E-state index in [0.29, 0.717) is 13.2 Å². The predicted octanol–water partition coefficient (Wildman–Crippen LogP) is 7.54. The second-order valence-electron chi connectivity index (χ2n) is 10.2. The fourth-order valence-corrected chi connectivity index (χ4v) is 6.36. The van der Waals surface area contributed by atoms with Crippen molar-refractivity contribution in [1.29, 1.82) is 0 Å². The Labute approximate surface area is 248 Å². The second kappa shape index (κ2) is 11.0. The molecule has 0 spiro atoms. The molecule has 0 radical (unpaired) electrons. The molecule has 3 heterocycles. The maximum atomic E-state index is 5.58. The summed E-state index contributed by atoms with van der Waals surface area (Å²) in [7, 11) is 0. The van der Waals surface area contributed by atoms with Crippen molar-refractivity contribution >= 4 is 32.7 Å². The van der Waals surface area contributed by atoms with Crippen molar-refractivity contribution in [2.24, 2.45) is 0 Å². The normalized spacial score (nSPS) is 13.9. The number of hydrogen-bond acceptors (Lipinski definition) is 4. The Bertz CT molecular complexity index is 1690. The molecule has 41 heavy (non-hydrogen) atoms. The van der Waals surface area contributed by atoms with Gasteiger partial charge in [0.2, 0.25) is 0 Å². The molecule has 0 atom stereocenters. The van der Waals surface area contributed by atoms with Crippen LogP contribution >= 0.6 is 15.9 Å². The van der Waals surface area contributed by atoms with Crippen LogP contribution in [0.15, 0.2) is 132 Å². The number of aromatic nitrogens is 3. The SMILES string of the molecule is Brc1ccc2c(c1)c(-c1ccnc(N3CCOCC3)c1)nn2C(c1ccccc1)(c1ccccc1)c1ccccc1. The molecule has 0 amide bonds. The van der Waals surface area contributed by atoms with E-state index in [0.717, 1.165) is 62.2 Å². The van der Waals surface area contributed by atoms with Crippen LogP contribution in [-0.4, -0.2) is 41.1 Å². The van der Waals surface area contributed by atoms with Gasteiger partial charge in [0.15, 0.2) is 0 Å². The quantitative estimate of drug-likeness (QED) is 0.185. The van der Waals surface area contributed by atoms with Crippen LogP contribution in [0.3, 0.4) is 0 Å². The molecule has 202 valence electrons. The number of fused-ring (bicyclic) bond motifs is 1. The highest BCUT2D eigenvalue weighted by molar-refractivity contribution is 9.10. The minimum absolute atomic E-state index is 0.712. The molecule has 1 aliphatic rings. The maximum Gasteiger partial charge on any atom is 0.138 e. The van der Waals surface area contributed by atoms with E-state index in [9.17, 15) is 0 Å². The third-order valence-corrected chi connectivity index (χ3v) is 8.38. The molecule has 1 aliphatic heterocycles. The zero-order valence-corrected chi connectivity index (χ0v) is 24.1. The number of anilines is 1.